The van der Waals surface area contributed by atoms with Crippen LogP contribution in [0.4, 0.5) is 5.88 Å². The van der Waals surface area contributed by atoms with Gasteiger partial charge < -0.3 is 9.73 Å². The van der Waals surface area contributed by atoms with Gasteiger partial charge in [0.2, 0.25) is 0 Å². The molecule has 0 unspecified atom stereocenters. The number of halogens is 1. The molecule has 0 saturated carbocycles. The predicted octanol–water partition coefficient (Wildman–Crippen LogP) is 3.63. The largest absolute Gasteiger partial charge is 0.441 e. The zero-order valence-electron chi connectivity index (χ0n) is 7.30. The van der Waals surface area contributed by atoms with Crippen LogP contribution in [-0.2, 0) is 0 Å². The Morgan fingerprint density at radius 3 is 3.00 bits per heavy atom. The average molecular weight is 240 g/mol. The van der Waals surface area contributed by atoms with Crippen LogP contribution < -0.4 is 5.32 Å². The Labute approximate surface area is 85.1 Å². The van der Waals surface area contributed by atoms with Crippen LogP contribution in [0.2, 0.25) is 0 Å². The maximum atomic E-state index is 5.55. The van der Waals surface area contributed by atoms with Crippen LogP contribution in [0.15, 0.2) is 33.2 Å². The molecule has 0 saturated heterocycles. The second-order valence-corrected chi connectivity index (χ2v) is 3.74. The van der Waals surface area contributed by atoms with E-state index >= 15 is 0 Å². The van der Waals surface area contributed by atoms with E-state index in [1.165, 1.54) is 0 Å². The van der Waals surface area contributed by atoms with Gasteiger partial charge in [-0.05, 0) is 25.1 Å². The first-order chi connectivity index (χ1) is 6.29. The molecule has 2 rings (SSSR count). The second-order valence-electron chi connectivity index (χ2n) is 2.82. The quantitative estimate of drug-likeness (QED) is 0.866. The van der Waals surface area contributed by atoms with Crippen molar-refractivity contribution in [1.82, 2.24) is 0 Å². The third kappa shape index (κ3) is 1.70. The molecule has 0 radical (unpaired) electrons. The molecule has 0 aliphatic heterocycles. The molecule has 68 valence electrons. The van der Waals surface area contributed by atoms with Gasteiger partial charge in [0.15, 0.2) is 5.88 Å². The van der Waals surface area contributed by atoms with E-state index in [2.05, 4.69) is 21.2 Å². The minimum atomic E-state index is 0.829. The lowest BCUT2D eigenvalue weighted by Crippen LogP contribution is -1.93. The third-order valence-corrected chi connectivity index (χ3v) is 2.33. The first-order valence-corrected chi connectivity index (χ1v) is 5.02. The van der Waals surface area contributed by atoms with E-state index in [1.807, 2.05) is 31.2 Å². The monoisotopic (exact) mass is 239 g/mol. The topological polar surface area (TPSA) is 25.2 Å². The first kappa shape index (κ1) is 8.63. The van der Waals surface area contributed by atoms with Gasteiger partial charge in [-0.1, -0.05) is 15.9 Å². The zero-order valence-corrected chi connectivity index (χ0v) is 8.89. The van der Waals surface area contributed by atoms with Crippen molar-refractivity contribution >= 4 is 32.8 Å². The molecule has 1 aromatic heterocycles. The van der Waals surface area contributed by atoms with Gasteiger partial charge in [0, 0.05) is 22.5 Å². The van der Waals surface area contributed by atoms with Crippen LogP contribution in [0.25, 0.3) is 11.0 Å². The molecule has 1 aromatic carbocycles. The van der Waals surface area contributed by atoms with E-state index in [0.717, 1.165) is 27.9 Å². The van der Waals surface area contributed by atoms with Gasteiger partial charge >= 0.3 is 0 Å². The van der Waals surface area contributed by atoms with Crippen molar-refractivity contribution in [2.75, 3.05) is 11.9 Å². The Kier molecular flexibility index (Phi) is 2.27. The minimum absolute atomic E-state index is 0.829. The normalized spacial score (nSPS) is 10.6. The van der Waals surface area contributed by atoms with Crippen LogP contribution in [0.5, 0.6) is 0 Å². The first-order valence-electron chi connectivity index (χ1n) is 4.22. The fourth-order valence-corrected chi connectivity index (χ4v) is 1.61. The summed E-state index contributed by atoms with van der Waals surface area (Å²) in [6.07, 6.45) is 0. The standard InChI is InChI=1S/C10H10BrNO/c1-2-12-10-5-7-3-4-8(11)6-9(7)13-10/h3-6,12H,2H2,1H3. The van der Waals surface area contributed by atoms with Crippen molar-refractivity contribution in [2.45, 2.75) is 6.92 Å². The van der Waals surface area contributed by atoms with Crippen LogP contribution in [0, 0.1) is 0 Å². The summed E-state index contributed by atoms with van der Waals surface area (Å²) >= 11 is 3.40. The molecule has 3 heteroatoms. The number of furan rings is 1. The van der Waals surface area contributed by atoms with Crippen LogP contribution in [-0.4, -0.2) is 6.54 Å². The fourth-order valence-electron chi connectivity index (χ4n) is 1.27. The number of anilines is 1. The molecule has 2 nitrogen and oxygen atoms in total. The van der Waals surface area contributed by atoms with Gasteiger partial charge in [0.1, 0.15) is 5.58 Å². The Bertz CT molecular complexity index is 422. The van der Waals surface area contributed by atoms with E-state index in [0.29, 0.717) is 0 Å². The van der Waals surface area contributed by atoms with E-state index in [4.69, 9.17) is 4.42 Å². The summed E-state index contributed by atoms with van der Waals surface area (Å²) < 4.78 is 6.59. The Hall–Kier alpha value is -0.960. The molecule has 0 fully saturated rings. The molecular formula is C10H10BrNO. The molecule has 0 aliphatic carbocycles. The van der Waals surface area contributed by atoms with Gasteiger partial charge in [0.25, 0.3) is 0 Å². The molecule has 0 bridgehead atoms. The predicted molar refractivity (Wildman–Crippen MR) is 58.1 cm³/mol. The minimum Gasteiger partial charge on any atom is -0.441 e. The van der Waals surface area contributed by atoms with Gasteiger partial charge in [-0.3, -0.25) is 0 Å². The summed E-state index contributed by atoms with van der Waals surface area (Å²) in [7, 11) is 0. The van der Waals surface area contributed by atoms with Crippen molar-refractivity contribution in [2.24, 2.45) is 0 Å². The Balaban J connectivity index is 2.49. The highest BCUT2D eigenvalue weighted by molar-refractivity contribution is 9.10. The number of nitrogens with one attached hydrogen (secondary N) is 1. The van der Waals surface area contributed by atoms with Gasteiger partial charge in [-0.15, -0.1) is 0 Å². The van der Waals surface area contributed by atoms with E-state index in [9.17, 15) is 0 Å². The Morgan fingerprint density at radius 1 is 1.38 bits per heavy atom. The van der Waals surface area contributed by atoms with Crippen molar-refractivity contribution < 1.29 is 4.42 Å². The number of fused-ring (bicyclic) bond motifs is 1. The number of hydrogen-bond donors (Lipinski definition) is 1. The average Bonchev–Trinajstić information content (AvgIpc) is 2.46. The highest BCUT2D eigenvalue weighted by Crippen LogP contribution is 2.25. The summed E-state index contributed by atoms with van der Waals surface area (Å²) in [4.78, 5) is 0. The molecule has 1 N–H and O–H groups in total. The number of benzene rings is 1. The maximum Gasteiger partial charge on any atom is 0.194 e. The molecule has 0 aliphatic rings. The summed E-state index contributed by atoms with van der Waals surface area (Å²) in [6, 6.07) is 8.01. The van der Waals surface area contributed by atoms with Gasteiger partial charge in [-0.2, -0.15) is 0 Å². The molecule has 0 atom stereocenters. The SMILES string of the molecule is CCNc1cc2ccc(Br)cc2o1. The fraction of sp³-hybridized carbons (Fsp3) is 0.200. The molecule has 0 spiro atoms. The van der Waals surface area contributed by atoms with E-state index in [-0.39, 0.29) is 0 Å². The second kappa shape index (κ2) is 3.42. The summed E-state index contributed by atoms with van der Waals surface area (Å²) in [5, 5.41) is 4.26. The van der Waals surface area contributed by atoms with Crippen molar-refractivity contribution in [3.63, 3.8) is 0 Å². The lowest BCUT2D eigenvalue weighted by molar-refractivity contribution is 0.628. The highest BCUT2D eigenvalue weighted by atomic mass is 79.9. The van der Waals surface area contributed by atoms with E-state index < -0.39 is 0 Å². The lowest BCUT2D eigenvalue weighted by atomic mass is 10.3. The van der Waals surface area contributed by atoms with Crippen molar-refractivity contribution in [1.29, 1.82) is 0 Å². The smallest absolute Gasteiger partial charge is 0.194 e. The molecule has 1 heterocycles. The third-order valence-electron chi connectivity index (χ3n) is 1.83. The van der Waals surface area contributed by atoms with Crippen LogP contribution >= 0.6 is 15.9 Å². The van der Waals surface area contributed by atoms with E-state index in [1.54, 1.807) is 0 Å². The van der Waals surface area contributed by atoms with Crippen LogP contribution in [0.3, 0.4) is 0 Å². The molecule has 0 amide bonds. The summed E-state index contributed by atoms with van der Waals surface area (Å²) in [6.45, 7) is 2.92. The van der Waals surface area contributed by atoms with Crippen LogP contribution in [0.1, 0.15) is 6.92 Å². The highest BCUT2D eigenvalue weighted by Gasteiger charge is 2.01. The Morgan fingerprint density at radius 2 is 2.23 bits per heavy atom. The number of hydrogen-bond acceptors (Lipinski definition) is 2. The molecule has 2 aromatic rings. The number of rotatable bonds is 2. The summed E-state index contributed by atoms with van der Waals surface area (Å²) in [5.41, 5.74) is 0.908. The lowest BCUT2D eigenvalue weighted by Gasteiger charge is -1.93. The molecule has 13 heavy (non-hydrogen) atoms. The van der Waals surface area contributed by atoms with Crippen molar-refractivity contribution in [3.8, 4) is 0 Å². The molecular weight excluding hydrogens is 230 g/mol. The zero-order chi connectivity index (χ0) is 9.26. The maximum absolute atomic E-state index is 5.55. The van der Waals surface area contributed by atoms with Crippen molar-refractivity contribution in [3.05, 3.63) is 28.7 Å². The van der Waals surface area contributed by atoms with Gasteiger partial charge in [0.05, 0.1) is 0 Å². The van der Waals surface area contributed by atoms with Gasteiger partial charge in [-0.25, -0.2) is 0 Å². The summed E-state index contributed by atoms with van der Waals surface area (Å²) in [5.74, 6) is 0.829.